The van der Waals surface area contributed by atoms with Crippen LogP contribution in [0.4, 0.5) is 5.69 Å². The van der Waals surface area contributed by atoms with E-state index in [1.807, 2.05) is 0 Å². The first-order valence-electron chi connectivity index (χ1n) is 3.97. The first-order chi connectivity index (χ1) is 6.77. The molecule has 0 aliphatic heterocycles. The summed E-state index contributed by atoms with van der Waals surface area (Å²) in [6.07, 6.45) is 1.48. The molecule has 2 rings (SSSR count). The predicted octanol–water partition coefficient (Wildman–Crippen LogP) is 2.65. The number of furan rings is 1. The number of nitro benzene ring substituents is 1. The van der Waals surface area contributed by atoms with Crippen molar-refractivity contribution < 1.29 is 9.34 Å². The van der Waals surface area contributed by atoms with E-state index >= 15 is 0 Å². The highest BCUT2D eigenvalue weighted by atomic mass is 16.6. The largest absolute Gasteiger partial charge is 0.464 e. The molecular formula is C10H6NO3. The van der Waals surface area contributed by atoms with Crippen LogP contribution in [0.15, 0.2) is 41.0 Å². The smallest absolute Gasteiger partial charge is 0.270 e. The van der Waals surface area contributed by atoms with Gasteiger partial charge in [0, 0.05) is 23.8 Å². The van der Waals surface area contributed by atoms with Gasteiger partial charge < -0.3 is 4.42 Å². The van der Waals surface area contributed by atoms with Crippen molar-refractivity contribution in [3.05, 3.63) is 52.8 Å². The van der Waals surface area contributed by atoms with Crippen LogP contribution in [0.3, 0.4) is 0 Å². The van der Waals surface area contributed by atoms with Crippen LogP contribution in [-0.2, 0) is 0 Å². The Morgan fingerprint density at radius 2 is 2.29 bits per heavy atom. The second-order valence-electron chi connectivity index (χ2n) is 2.70. The van der Waals surface area contributed by atoms with Gasteiger partial charge in [-0.25, -0.2) is 0 Å². The lowest BCUT2D eigenvalue weighted by Gasteiger charge is -1.95. The summed E-state index contributed by atoms with van der Waals surface area (Å²) in [7, 11) is 0. The molecule has 0 saturated carbocycles. The molecule has 69 valence electrons. The van der Waals surface area contributed by atoms with E-state index in [4.69, 9.17) is 4.42 Å². The van der Waals surface area contributed by atoms with Gasteiger partial charge in [0.05, 0.1) is 11.2 Å². The number of rotatable bonds is 2. The molecule has 0 unspecified atom stereocenters. The van der Waals surface area contributed by atoms with Gasteiger partial charge in [-0.3, -0.25) is 10.1 Å². The van der Waals surface area contributed by atoms with E-state index in [0.717, 1.165) is 0 Å². The monoisotopic (exact) mass is 188 g/mol. The highest BCUT2D eigenvalue weighted by Gasteiger charge is 2.08. The number of hydrogen-bond donors (Lipinski definition) is 0. The van der Waals surface area contributed by atoms with Gasteiger partial charge in [0.25, 0.3) is 5.69 Å². The Morgan fingerprint density at radius 1 is 1.43 bits per heavy atom. The van der Waals surface area contributed by atoms with Crippen molar-refractivity contribution in [1.82, 2.24) is 0 Å². The first-order valence-corrected chi connectivity index (χ1v) is 3.97. The minimum atomic E-state index is -0.438. The van der Waals surface area contributed by atoms with Crippen LogP contribution in [0.25, 0.3) is 11.3 Å². The maximum absolute atomic E-state index is 10.5. The molecule has 0 N–H and O–H groups in total. The van der Waals surface area contributed by atoms with E-state index in [2.05, 4.69) is 6.07 Å². The quantitative estimate of drug-likeness (QED) is 0.537. The third-order valence-corrected chi connectivity index (χ3v) is 1.79. The number of nitrogens with zero attached hydrogens (tertiary/aromatic N) is 1. The standard InChI is InChI=1S/C10H6NO3/c12-11(13)9-4-1-3-8(7-9)10-5-2-6-14-10/h1-4,6-7H. The fourth-order valence-corrected chi connectivity index (χ4v) is 1.16. The summed E-state index contributed by atoms with van der Waals surface area (Å²) >= 11 is 0. The average molecular weight is 188 g/mol. The lowest BCUT2D eigenvalue weighted by Crippen LogP contribution is -1.87. The molecule has 2 aromatic rings. The molecule has 1 radical (unpaired) electrons. The number of non-ortho nitro benzene ring substituents is 1. The van der Waals surface area contributed by atoms with Crippen molar-refractivity contribution in [3.8, 4) is 11.3 Å². The van der Waals surface area contributed by atoms with Crippen LogP contribution in [0.5, 0.6) is 0 Å². The van der Waals surface area contributed by atoms with Gasteiger partial charge in [0.15, 0.2) is 0 Å². The van der Waals surface area contributed by atoms with Crippen molar-refractivity contribution in [2.45, 2.75) is 0 Å². The molecule has 0 aliphatic rings. The maximum atomic E-state index is 10.5. The van der Waals surface area contributed by atoms with Gasteiger partial charge in [-0.05, 0) is 6.07 Å². The van der Waals surface area contributed by atoms with Crippen LogP contribution < -0.4 is 0 Å². The van der Waals surface area contributed by atoms with Gasteiger partial charge in [-0.15, -0.1) is 0 Å². The van der Waals surface area contributed by atoms with Crippen LogP contribution in [-0.4, -0.2) is 4.92 Å². The lowest BCUT2D eigenvalue weighted by atomic mass is 10.1. The van der Waals surface area contributed by atoms with Gasteiger partial charge in [-0.1, -0.05) is 12.1 Å². The Hall–Kier alpha value is -2.10. The summed E-state index contributed by atoms with van der Waals surface area (Å²) in [6.45, 7) is 0. The first kappa shape index (κ1) is 8.50. The molecule has 0 amide bonds. The van der Waals surface area contributed by atoms with E-state index in [-0.39, 0.29) is 5.69 Å². The van der Waals surface area contributed by atoms with Gasteiger partial charge >= 0.3 is 0 Å². The van der Waals surface area contributed by atoms with E-state index in [1.54, 1.807) is 18.2 Å². The normalized spacial score (nSPS) is 10.0. The fraction of sp³-hybridized carbons (Fsp3) is 0. The van der Waals surface area contributed by atoms with Gasteiger partial charge in [0.1, 0.15) is 5.76 Å². The summed E-state index contributed by atoms with van der Waals surface area (Å²) in [6, 6.07) is 10.7. The third kappa shape index (κ3) is 1.50. The molecule has 0 saturated heterocycles. The van der Waals surface area contributed by atoms with E-state index < -0.39 is 4.92 Å². The molecule has 0 aliphatic carbocycles. The van der Waals surface area contributed by atoms with Gasteiger partial charge in [-0.2, -0.15) is 0 Å². The van der Waals surface area contributed by atoms with Crippen LogP contribution >= 0.6 is 0 Å². The predicted molar refractivity (Wildman–Crippen MR) is 49.6 cm³/mol. The zero-order chi connectivity index (χ0) is 9.97. The Labute approximate surface area is 79.9 Å². The molecule has 1 heterocycles. The Bertz CT molecular complexity index is 448. The maximum Gasteiger partial charge on any atom is 0.270 e. The van der Waals surface area contributed by atoms with E-state index in [9.17, 15) is 10.1 Å². The van der Waals surface area contributed by atoms with Crippen molar-refractivity contribution in [3.63, 3.8) is 0 Å². The zero-order valence-electron chi connectivity index (χ0n) is 7.14. The second kappa shape index (κ2) is 3.33. The summed E-state index contributed by atoms with van der Waals surface area (Å²) in [4.78, 5) is 10.0. The summed E-state index contributed by atoms with van der Waals surface area (Å²) in [5.74, 6) is 0.508. The molecule has 0 atom stereocenters. The van der Waals surface area contributed by atoms with Crippen molar-refractivity contribution in [2.24, 2.45) is 0 Å². The molecule has 0 fully saturated rings. The summed E-state index contributed by atoms with van der Waals surface area (Å²) in [5, 5.41) is 10.5. The lowest BCUT2D eigenvalue weighted by molar-refractivity contribution is -0.384. The Morgan fingerprint density at radius 3 is 2.93 bits per heavy atom. The number of hydrogen-bond acceptors (Lipinski definition) is 3. The van der Waals surface area contributed by atoms with Crippen molar-refractivity contribution >= 4 is 5.69 Å². The number of benzene rings is 1. The minimum absolute atomic E-state index is 0.0484. The van der Waals surface area contributed by atoms with Crippen LogP contribution in [0.2, 0.25) is 0 Å². The molecule has 1 aromatic carbocycles. The topological polar surface area (TPSA) is 56.3 Å². The second-order valence-corrected chi connectivity index (χ2v) is 2.70. The fourth-order valence-electron chi connectivity index (χ4n) is 1.16. The Balaban J connectivity index is 2.46. The van der Waals surface area contributed by atoms with Crippen LogP contribution in [0, 0.1) is 16.2 Å². The Kier molecular flexibility index (Phi) is 2.02. The van der Waals surface area contributed by atoms with Crippen molar-refractivity contribution in [2.75, 3.05) is 0 Å². The molecule has 4 nitrogen and oxygen atoms in total. The minimum Gasteiger partial charge on any atom is -0.464 e. The highest BCUT2D eigenvalue weighted by molar-refractivity contribution is 5.60. The summed E-state index contributed by atoms with van der Waals surface area (Å²) < 4.78 is 5.08. The molecule has 1 aromatic heterocycles. The zero-order valence-corrected chi connectivity index (χ0v) is 7.14. The third-order valence-electron chi connectivity index (χ3n) is 1.79. The summed E-state index contributed by atoms with van der Waals surface area (Å²) in [5.41, 5.74) is 0.705. The van der Waals surface area contributed by atoms with E-state index in [1.165, 1.54) is 18.4 Å². The van der Waals surface area contributed by atoms with Crippen LogP contribution in [0.1, 0.15) is 0 Å². The molecule has 4 heteroatoms. The SMILES string of the molecule is O=[N+]([O-])c1cccc(-c2[c]cco2)c1. The highest BCUT2D eigenvalue weighted by Crippen LogP contribution is 2.23. The number of nitro groups is 1. The molecule has 0 spiro atoms. The molecule has 14 heavy (non-hydrogen) atoms. The van der Waals surface area contributed by atoms with E-state index in [0.29, 0.717) is 11.3 Å². The average Bonchev–Trinajstić information content (AvgIpc) is 2.71. The molecule has 0 bridgehead atoms. The molecular weight excluding hydrogens is 182 g/mol. The van der Waals surface area contributed by atoms with Crippen molar-refractivity contribution in [1.29, 1.82) is 0 Å². The van der Waals surface area contributed by atoms with Gasteiger partial charge in [0.2, 0.25) is 0 Å².